The summed E-state index contributed by atoms with van der Waals surface area (Å²) >= 11 is 0. The zero-order valence-electron chi connectivity index (χ0n) is 9.46. The molecule has 0 bridgehead atoms. The fraction of sp³-hybridized carbons (Fsp3) is 0.727. The zero-order chi connectivity index (χ0) is 10.3. The summed E-state index contributed by atoms with van der Waals surface area (Å²) < 4.78 is 0. The van der Waals surface area contributed by atoms with E-state index >= 15 is 0 Å². The lowest BCUT2D eigenvalue weighted by Crippen LogP contribution is -2.17. The Morgan fingerprint density at radius 2 is 2.14 bits per heavy atom. The predicted molar refractivity (Wildman–Crippen MR) is 57.4 cm³/mol. The average Bonchev–Trinajstić information content (AvgIpc) is 2.59. The van der Waals surface area contributed by atoms with Crippen LogP contribution >= 0.6 is 0 Å². The first-order valence-corrected chi connectivity index (χ1v) is 5.34. The third-order valence-corrected chi connectivity index (χ3v) is 3.10. The van der Waals surface area contributed by atoms with Gasteiger partial charge in [-0.1, -0.05) is 13.8 Å². The van der Waals surface area contributed by atoms with Crippen molar-refractivity contribution in [2.45, 2.75) is 38.6 Å². The van der Waals surface area contributed by atoms with Gasteiger partial charge in [-0.2, -0.15) is 5.10 Å². The van der Waals surface area contributed by atoms with Gasteiger partial charge in [0.1, 0.15) is 0 Å². The number of nitrogens with one attached hydrogen (secondary N) is 1. The summed E-state index contributed by atoms with van der Waals surface area (Å²) in [5.74, 6) is 0.538. The van der Waals surface area contributed by atoms with Gasteiger partial charge in [-0.15, -0.1) is 0 Å². The molecule has 3 heteroatoms. The maximum Gasteiger partial charge on any atom is 0.0682 e. The number of hydrogen-bond donors (Lipinski definition) is 1. The van der Waals surface area contributed by atoms with Crippen LogP contribution in [0.15, 0.2) is 0 Å². The highest BCUT2D eigenvalue weighted by atomic mass is 15.2. The second-order valence-electron chi connectivity index (χ2n) is 4.67. The van der Waals surface area contributed by atoms with E-state index in [9.17, 15) is 0 Å². The molecule has 78 valence electrons. The normalized spacial score (nSPS) is 20.9. The van der Waals surface area contributed by atoms with E-state index in [1.54, 1.807) is 0 Å². The van der Waals surface area contributed by atoms with Crippen LogP contribution in [-0.4, -0.2) is 29.2 Å². The van der Waals surface area contributed by atoms with Crippen LogP contribution in [0.3, 0.4) is 0 Å². The Bertz CT molecular complexity index is 325. The summed E-state index contributed by atoms with van der Waals surface area (Å²) in [5.41, 5.74) is 4.08. The molecule has 1 heterocycles. The Morgan fingerprint density at radius 1 is 1.43 bits per heavy atom. The molecule has 0 amide bonds. The van der Waals surface area contributed by atoms with Crippen LogP contribution in [0.4, 0.5) is 0 Å². The van der Waals surface area contributed by atoms with Crippen LogP contribution in [0.2, 0.25) is 0 Å². The molecule has 0 spiro atoms. The van der Waals surface area contributed by atoms with Gasteiger partial charge in [0.2, 0.25) is 0 Å². The molecule has 0 saturated carbocycles. The van der Waals surface area contributed by atoms with Crippen molar-refractivity contribution in [2.75, 3.05) is 14.1 Å². The molecular formula is C11H19N3. The van der Waals surface area contributed by atoms with E-state index in [1.807, 2.05) is 0 Å². The van der Waals surface area contributed by atoms with Gasteiger partial charge in [0.15, 0.2) is 0 Å². The molecule has 0 saturated heterocycles. The maximum absolute atomic E-state index is 4.42. The van der Waals surface area contributed by atoms with Crippen LogP contribution in [0.5, 0.6) is 0 Å². The van der Waals surface area contributed by atoms with E-state index in [2.05, 4.69) is 43.0 Å². The van der Waals surface area contributed by atoms with E-state index < -0.39 is 0 Å². The molecular weight excluding hydrogens is 174 g/mol. The second kappa shape index (κ2) is 3.39. The van der Waals surface area contributed by atoms with Crippen LogP contribution < -0.4 is 0 Å². The third kappa shape index (κ3) is 1.36. The van der Waals surface area contributed by atoms with Crippen LogP contribution in [0, 0.1) is 0 Å². The molecule has 0 fully saturated rings. The molecule has 0 aliphatic heterocycles. The van der Waals surface area contributed by atoms with E-state index in [4.69, 9.17) is 0 Å². The standard InChI is InChI=1S/C11H19N3/c1-7(2)10-8-5-6-9(14(3)4)11(8)13-12-10/h7,9H,5-6H2,1-4H3,(H,12,13)/t9-/m0/s1. The molecule has 0 aromatic carbocycles. The first-order valence-electron chi connectivity index (χ1n) is 5.34. The number of hydrogen-bond acceptors (Lipinski definition) is 2. The summed E-state index contributed by atoms with van der Waals surface area (Å²) in [6, 6.07) is 0.546. The Kier molecular flexibility index (Phi) is 2.35. The van der Waals surface area contributed by atoms with Gasteiger partial charge in [-0.25, -0.2) is 0 Å². The lowest BCUT2D eigenvalue weighted by atomic mass is 10.0. The van der Waals surface area contributed by atoms with Gasteiger partial charge in [-0.05, 0) is 38.4 Å². The van der Waals surface area contributed by atoms with Crippen molar-refractivity contribution < 1.29 is 0 Å². The van der Waals surface area contributed by atoms with Crippen molar-refractivity contribution in [1.29, 1.82) is 0 Å². The van der Waals surface area contributed by atoms with Gasteiger partial charge in [0.05, 0.1) is 17.4 Å². The quantitative estimate of drug-likeness (QED) is 0.780. The van der Waals surface area contributed by atoms with E-state index in [0.29, 0.717) is 12.0 Å². The van der Waals surface area contributed by atoms with E-state index in [1.165, 1.54) is 29.8 Å². The van der Waals surface area contributed by atoms with Crippen LogP contribution in [0.1, 0.15) is 49.2 Å². The monoisotopic (exact) mass is 193 g/mol. The first-order chi connectivity index (χ1) is 6.61. The molecule has 3 nitrogen and oxygen atoms in total. The molecule has 1 N–H and O–H groups in total. The fourth-order valence-electron chi connectivity index (χ4n) is 2.35. The van der Waals surface area contributed by atoms with Gasteiger partial charge in [-0.3, -0.25) is 5.10 Å². The van der Waals surface area contributed by atoms with Gasteiger partial charge < -0.3 is 4.90 Å². The molecule has 1 aliphatic carbocycles. The highest BCUT2D eigenvalue weighted by molar-refractivity contribution is 5.34. The number of fused-ring (bicyclic) bond motifs is 1. The minimum absolute atomic E-state index is 0.538. The molecule has 1 aliphatic rings. The highest BCUT2D eigenvalue weighted by Crippen LogP contribution is 2.36. The van der Waals surface area contributed by atoms with Gasteiger partial charge in [0, 0.05) is 0 Å². The van der Waals surface area contributed by atoms with Crippen molar-refractivity contribution in [1.82, 2.24) is 15.1 Å². The minimum Gasteiger partial charge on any atom is -0.301 e. The van der Waals surface area contributed by atoms with Gasteiger partial charge >= 0.3 is 0 Å². The topological polar surface area (TPSA) is 31.9 Å². The van der Waals surface area contributed by atoms with Crippen molar-refractivity contribution in [2.24, 2.45) is 0 Å². The van der Waals surface area contributed by atoms with E-state index in [-0.39, 0.29) is 0 Å². The van der Waals surface area contributed by atoms with Crippen molar-refractivity contribution in [3.63, 3.8) is 0 Å². The summed E-state index contributed by atoms with van der Waals surface area (Å²) in [7, 11) is 4.27. The fourth-order valence-corrected chi connectivity index (χ4v) is 2.35. The highest BCUT2D eigenvalue weighted by Gasteiger charge is 2.29. The zero-order valence-corrected chi connectivity index (χ0v) is 9.46. The Morgan fingerprint density at radius 3 is 2.71 bits per heavy atom. The number of rotatable bonds is 2. The molecule has 1 atom stereocenters. The lowest BCUT2D eigenvalue weighted by molar-refractivity contribution is 0.293. The van der Waals surface area contributed by atoms with Crippen molar-refractivity contribution >= 4 is 0 Å². The summed E-state index contributed by atoms with van der Waals surface area (Å²) in [6.45, 7) is 4.42. The first kappa shape index (κ1) is 9.71. The summed E-state index contributed by atoms with van der Waals surface area (Å²) in [4.78, 5) is 2.27. The number of nitrogens with zero attached hydrogens (tertiary/aromatic N) is 2. The summed E-state index contributed by atoms with van der Waals surface area (Å²) in [6.07, 6.45) is 2.42. The molecule has 14 heavy (non-hydrogen) atoms. The van der Waals surface area contributed by atoms with Crippen molar-refractivity contribution in [3.05, 3.63) is 17.0 Å². The predicted octanol–water partition coefficient (Wildman–Crippen LogP) is 2.08. The summed E-state index contributed by atoms with van der Waals surface area (Å²) in [5, 5.41) is 7.63. The average molecular weight is 193 g/mol. The molecule has 2 rings (SSSR count). The third-order valence-electron chi connectivity index (χ3n) is 3.10. The van der Waals surface area contributed by atoms with E-state index in [0.717, 1.165) is 0 Å². The molecule has 1 aromatic heterocycles. The largest absolute Gasteiger partial charge is 0.301 e. The number of aromatic nitrogens is 2. The SMILES string of the molecule is CC(C)c1n[nH]c2c1CC[C@@H]2N(C)C. The smallest absolute Gasteiger partial charge is 0.0682 e. The molecule has 0 radical (unpaired) electrons. The van der Waals surface area contributed by atoms with Crippen molar-refractivity contribution in [3.8, 4) is 0 Å². The lowest BCUT2D eigenvalue weighted by Gasteiger charge is -2.17. The molecule has 0 unspecified atom stereocenters. The minimum atomic E-state index is 0.538. The van der Waals surface area contributed by atoms with Crippen LogP contribution in [0.25, 0.3) is 0 Å². The number of aromatic amines is 1. The Balaban J connectivity index is 2.34. The Labute approximate surface area is 85.5 Å². The number of H-pyrrole nitrogens is 1. The second-order valence-corrected chi connectivity index (χ2v) is 4.67. The Hall–Kier alpha value is -0.830. The van der Waals surface area contributed by atoms with Crippen LogP contribution in [-0.2, 0) is 6.42 Å². The molecule has 1 aromatic rings. The maximum atomic E-state index is 4.42. The van der Waals surface area contributed by atoms with Gasteiger partial charge in [0.25, 0.3) is 0 Å².